The first kappa shape index (κ1) is 24.1. The highest BCUT2D eigenvalue weighted by Crippen LogP contribution is 2.41. The smallest absolute Gasteiger partial charge is 0.226 e. The van der Waals surface area contributed by atoms with Crippen molar-refractivity contribution >= 4 is 28.8 Å². The van der Waals surface area contributed by atoms with E-state index in [-0.39, 0.29) is 0 Å². The van der Waals surface area contributed by atoms with E-state index in [0.29, 0.717) is 28.8 Å². The summed E-state index contributed by atoms with van der Waals surface area (Å²) in [6, 6.07) is 15.3. The average Bonchev–Trinajstić information content (AvgIpc) is 3.03. The minimum absolute atomic E-state index is 0.479. The molecule has 0 atom stereocenters. The molecule has 0 amide bonds. The zero-order valence-electron chi connectivity index (χ0n) is 19.6. The number of halogens is 2. The van der Waals surface area contributed by atoms with Crippen molar-refractivity contribution in [1.82, 2.24) is 9.88 Å². The fourth-order valence-corrected chi connectivity index (χ4v) is 5.24. The summed E-state index contributed by atoms with van der Waals surface area (Å²) in [6.45, 7) is 2.55. The number of fused-ring (bicyclic) bond motifs is 2. The van der Waals surface area contributed by atoms with Crippen molar-refractivity contribution < 1.29 is 14.6 Å². The summed E-state index contributed by atoms with van der Waals surface area (Å²) in [7, 11) is 1.69. The monoisotopic (exact) mass is 510 g/mol. The normalized spacial score (nSPS) is 18.3. The summed E-state index contributed by atoms with van der Waals surface area (Å²) in [5.41, 5.74) is 3.19. The lowest BCUT2D eigenvalue weighted by Gasteiger charge is -2.38. The molecule has 5 nitrogen and oxygen atoms in total. The molecule has 2 aliphatic rings. The van der Waals surface area contributed by atoms with Crippen LogP contribution in [0.3, 0.4) is 0 Å². The Hall–Kier alpha value is -2.57. The number of hydrogen-bond acceptors (Lipinski definition) is 5. The topological polar surface area (TPSA) is 54.8 Å². The number of pyridine rings is 1. The van der Waals surface area contributed by atoms with E-state index >= 15 is 0 Å². The number of nitrogens with zero attached hydrogens (tertiary/aromatic N) is 2. The molecule has 1 aromatic heterocycles. The molecular weight excluding hydrogens is 483 g/mol. The van der Waals surface area contributed by atoms with Crippen molar-refractivity contribution in [3.63, 3.8) is 0 Å². The van der Waals surface area contributed by atoms with E-state index in [1.165, 1.54) is 5.57 Å². The number of ether oxygens (including phenoxy) is 2. The highest BCUT2D eigenvalue weighted by Gasteiger charge is 2.34. The van der Waals surface area contributed by atoms with Crippen LogP contribution in [0.5, 0.6) is 17.4 Å². The minimum atomic E-state index is -0.868. The average molecular weight is 511 g/mol. The molecule has 1 fully saturated rings. The van der Waals surface area contributed by atoms with Gasteiger partial charge < -0.3 is 19.5 Å². The number of benzene rings is 2. The quantitative estimate of drug-likeness (QED) is 0.424. The lowest BCUT2D eigenvalue weighted by molar-refractivity contribution is -0.0254. The Kier molecular flexibility index (Phi) is 7.03. The molecule has 1 saturated heterocycles. The molecule has 0 bridgehead atoms. The van der Waals surface area contributed by atoms with Gasteiger partial charge in [-0.05, 0) is 66.8 Å². The summed E-state index contributed by atoms with van der Waals surface area (Å²) in [6.07, 6.45) is 6.96. The fraction of sp³-hybridized carbons (Fsp3) is 0.321. The maximum absolute atomic E-state index is 11.2. The second kappa shape index (κ2) is 10.2. The van der Waals surface area contributed by atoms with E-state index in [0.717, 1.165) is 60.7 Å². The largest absolute Gasteiger partial charge is 0.496 e. The molecule has 0 radical (unpaired) electrons. The third-order valence-corrected chi connectivity index (χ3v) is 7.72. The van der Waals surface area contributed by atoms with Crippen LogP contribution in [0, 0.1) is 0 Å². The van der Waals surface area contributed by atoms with Crippen LogP contribution < -0.4 is 9.47 Å². The standard InChI is InChI=1S/C28H28Cl2N2O3/c1-34-25-7-2-8-26-22(25)17-19(21-6-3-13-31-27(21)35-26)5-4-14-32-15-11-28(33,12-16-32)20-9-10-23(29)24(30)18-20/h2-3,5-10,13,18,33H,4,11-12,14-17H2,1H3. The van der Waals surface area contributed by atoms with Crippen molar-refractivity contribution in [2.24, 2.45) is 0 Å². The zero-order chi connectivity index (χ0) is 24.4. The summed E-state index contributed by atoms with van der Waals surface area (Å²) in [5.74, 6) is 2.22. The van der Waals surface area contributed by atoms with Crippen LogP contribution in [0.2, 0.25) is 10.0 Å². The summed E-state index contributed by atoms with van der Waals surface area (Å²) >= 11 is 12.2. The van der Waals surface area contributed by atoms with Gasteiger partial charge in [-0.1, -0.05) is 41.4 Å². The zero-order valence-corrected chi connectivity index (χ0v) is 21.1. The van der Waals surface area contributed by atoms with Gasteiger partial charge in [0.05, 0.1) is 22.8 Å². The molecule has 7 heteroatoms. The summed E-state index contributed by atoms with van der Waals surface area (Å²) < 4.78 is 11.8. The Morgan fingerprint density at radius 3 is 2.71 bits per heavy atom. The van der Waals surface area contributed by atoms with E-state index in [9.17, 15) is 5.11 Å². The third-order valence-electron chi connectivity index (χ3n) is 6.98. The molecule has 3 aromatic rings. The van der Waals surface area contributed by atoms with Gasteiger partial charge in [0.2, 0.25) is 5.88 Å². The fourth-order valence-electron chi connectivity index (χ4n) is 4.94. The molecular formula is C28H28Cl2N2O3. The van der Waals surface area contributed by atoms with Crippen molar-refractivity contribution in [3.05, 3.63) is 87.5 Å². The molecule has 0 spiro atoms. The van der Waals surface area contributed by atoms with Crippen LogP contribution >= 0.6 is 23.2 Å². The molecule has 2 aliphatic heterocycles. The van der Waals surface area contributed by atoms with E-state index < -0.39 is 5.60 Å². The molecule has 0 unspecified atom stereocenters. The number of aliphatic hydroxyl groups is 1. The predicted molar refractivity (Wildman–Crippen MR) is 140 cm³/mol. The van der Waals surface area contributed by atoms with Crippen molar-refractivity contribution in [1.29, 1.82) is 0 Å². The second-order valence-electron chi connectivity index (χ2n) is 9.09. The Bertz CT molecular complexity index is 1250. The maximum Gasteiger partial charge on any atom is 0.226 e. The highest BCUT2D eigenvalue weighted by molar-refractivity contribution is 6.42. The molecule has 0 aliphatic carbocycles. The first-order valence-corrected chi connectivity index (χ1v) is 12.6. The van der Waals surface area contributed by atoms with Crippen LogP contribution in [-0.4, -0.2) is 41.7 Å². The van der Waals surface area contributed by atoms with Gasteiger partial charge in [0.25, 0.3) is 0 Å². The van der Waals surface area contributed by atoms with Crippen LogP contribution in [0.4, 0.5) is 0 Å². The number of allylic oxidation sites excluding steroid dienone is 1. The minimum Gasteiger partial charge on any atom is -0.496 e. The van der Waals surface area contributed by atoms with Crippen molar-refractivity contribution in [2.45, 2.75) is 31.3 Å². The second-order valence-corrected chi connectivity index (χ2v) is 9.91. The van der Waals surface area contributed by atoms with Crippen LogP contribution in [0.1, 0.15) is 36.0 Å². The van der Waals surface area contributed by atoms with Crippen molar-refractivity contribution in [2.75, 3.05) is 26.7 Å². The highest BCUT2D eigenvalue weighted by atomic mass is 35.5. The number of piperidine rings is 1. The van der Waals surface area contributed by atoms with Crippen LogP contribution in [-0.2, 0) is 12.0 Å². The molecule has 35 heavy (non-hydrogen) atoms. The Labute approximate surface area is 215 Å². The van der Waals surface area contributed by atoms with E-state index in [2.05, 4.69) is 22.0 Å². The number of aromatic nitrogens is 1. The number of hydrogen-bond donors (Lipinski definition) is 1. The number of methoxy groups -OCH3 is 1. The predicted octanol–water partition coefficient (Wildman–Crippen LogP) is 6.50. The van der Waals surface area contributed by atoms with Gasteiger partial charge in [-0.3, -0.25) is 0 Å². The number of likely N-dealkylation sites (tertiary alicyclic amines) is 1. The summed E-state index contributed by atoms with van der Waals surface area (Å²) in [5, 5.41) is 12.2. The van der Waals surface area contributed by atoms with Crippen molar-refractivity contribution in [3.8, 4) is 17.4 Å². The van der Waals surface area contributed by atoms with E-state index in [4.69, 9.17) is 32.7 Å². The Morgan fingerprint density at radius 2 is 1.94 bits per heavy atom. The summed E-state index contributed by atoms with van der Waals surface area (Å²) in [4.78, 5) is 6.88. The van der Waals surface area contributed by atoms with Gasteiger partial charge in [0, 0.05) is 43.4 Å². The maximum atomic E-state index is 11.2. The van der Waals surface area contributed by atoms with Gasteiger partial charge >= 0.3 is 0 Å². The van der Waals surface area contributed by atoms with Gasteiger partial charge in [0.1, 0.15) is 11.5 Å². The van der Waals surface area contributed by atoms with Gasteiger partial charge in [-0.25, -0.2) is 4.98 Å². The first-order chi connectivity index (χ1) is 17.0. The molecule has 182 valence electrons. The van der Waals surface area contributed by atoms with Crippen LogP contribution in [0.15, 0.2) is 60.8 Å². The van der Waals surface area contributed by atoms with Gasteiger partial charge in [-0.15, -0.1) is 0 Å². The molecule has 0 saturated carbocycles. The Morgan fingerprint density at radius 1 is 1.11 bits per heavy atom. The van der Waals surface area contributed by atoms with E-state index in [1.54, 1.807) is 25.4 Å². The van der Waals surface area contributed by atoms with Gasteiger partial charge in [-0.2, -0.15) is 0 Å². The van der Waals surface area contributed by atoms with Gasteiger partial charge in [0.15, 0.2) is 0 Å². The molecule has 1 N–H and O–H groups in total. The molecule has 5 rings (SSSR count). The number of rotatable bonds is 5. The lowest BCUT2D eigenvalue weighted by atomic mass is 9.84. The SMILES string of the molecule is COc1cccc2c1CC(=CCCN1CCC(O)(c3ccc(Cl)c(Cl)c3)CC1)c1cccnc1O2. The lowest BCUT2D eigenvalue weighted by Crippen LogP contribution is -2.42. The molecule has 2 aromatic carbocycles. The van der Waals surface area contributed by atoms with Crippen LogP contribution in [0.25, 0.3) is 5.57 Å². The van der Waals surface area contributed by atoms with E-state index in [1.807, 2.05) is 30.3 Å². The third kappa shape index (κ3) is 5.05. The molecule has 3 heterocycles. The first-order valence-electron chi connectivity index (χ1n) is 11.9. The Balaban J connectivity index is 1.28.